The smallest absolute Gasteiger partial charge is 0.326 e. The van der Waals surface area contributed by atoms with Gasteiger partial charge in [0.25, 0.3) is 0 Å². The molecule has 1 aliphatic heterocycles. The van der Waals surface area contributed by atoms with Gasteiger partial charge < -0.3 is 73.6 Å². The SMILES string of the molecule is CC(C)C[C@H](NC(=O)[C@@H](NC(=O)[C@H](CO)NC(=O)[C@H](CC(C)C)NC(=O)[C@@H]1CCCN1C(=O)[C@@H](NC(=O)[C@H](C)NC(=O)[C@H](CC(=O)O)NC(=O)[C@@H](NC(=O)[C@@H](N)CC(C)C)[C@@H](C)O)C(C)C)C(C)C)C(=O)O. The Morgan fingerprint density at radius 3 is 1.47 bits per heavy atom. The molecule has 0 bridgehead atoms. The molecule has 1 fully saturated rings. The largest absolute Gasteiger partial charge is 0.481 e. The fraction of sp³-hybridized carbons (Fsp3) is 0.766. The molecule has 11 atom stereocenters. The molecule has 0 spiro atoms. The first-order valence-electron chi connectivity index (χ1n) is 24.6. The molecule has 0 aromatic carbocycles. The van der Waals surface area contributed by atoms with Gasteiger partial charge in [-0.25, -0.2) is 4.79 Å². The average Bonchev–Trinajstić information content (AvgIpc) is 3.76. The van der Waals surface area contributed by atoms with Gasteiger partial charge in [-0.2, -0.15) is 0 Å². The average molecular weight is 1030 g/mol. The molecule has 72 heavy (non-hydrogen) atoms. The van der Waals surface area contributed by atoms with Gasteiger partial charge in [0.05, 0.1) is 25.2 Å². The molecule has 0 saturated carbocycles. The summed E-state index contributed by atoms with van der Waals surface area (Å²) in [5.74, 6) is -12.0. The van der Waals surface area contributed by atoms with Gasteiger partial charge in [-0.1, -0.05) is 69.2 Å². The van der Waals surface area contributed by atoms with Crippen LogP contribution in [0.4, 0.5) is 0 Å². The maximum absolute atomic E-state index is 14.2. The number of hydrogen-bond donors (Lipinski definition) is 13. The molecule has 1 saturated heterocycles. The Bertz CT molecular complexity index is 1910. The molecule has 1 rings (SSSR count). The molecule has 0 radical (unpaired) electrons. The zero-order valence-corrected chi connectivity index (χ0v) is 43.7. The number of carboxylic acid groups (broad SMARTS) is 2. The summed E-state index contributed by atoms with van der Waals surface area (Å²) in [4.78, 5) is 146. The van der Waals surface area contributed by atoms with E-state index in [1.54, 1.807) is 55.4 Å². The van der Waals surface area contributed by atoms with Crippen LogP contribution >= 0.6 is 0 Å². The Morgan fingerprint density at radius 2 is 0.986 bits per heavy atom. The minimum atomic E-state index is -1.79. The highest BCUT2D eigenvalue weighted by atomic mass is 16.4. The number of carbonyl (C=O) groups is 11. The van der Waals surface area contributed by atoms with Gasteiger partial charge in [-0.15, -0.1) is 0 Å². The highest BCUT2D eigenvalue weighted by Crippen LogP contribution is 2.22. The Labute approximate surface area is 421 Å². The highest BCUT2D eigenvalue weighted by molar-refractivity contribution is 5.99. The Kier molecular flexibility index (Phi) is 26.8. The van der Waals surface area contributed by atoms with Crippen LogP contribution in [0.2, 0.25) is 0 Å². The molecule has 0 aliphatic carbocycles. The van der Waals surface area contributed by atoms with Gasteiger partial charge >= 0.3 is 11.9 Å². The van der Waals surface area contributed by atoms with Crippen molar-refractivity contribution in [2.75, 3.05) is 13.2 Å². The Hall–Kier alpha value is -5.95. The lowest BCUT2D eigenvalue weighted by Crippen LogP contribution is -2.61. The Balaban J connectivity index is 3.19. The van der Waals surface area contributed by atoms with E-state index < -0.39 is 156 Å². The predicted molar refractivity (Wildman–Crippen MR) is 261 cm³/mol. The third kappa shape index (κ3) is 21.0. The van der Waals surface area contributed by atoms with Crippen LogP contribution in [0.5, 0.6) is 0 Å². The third-order valence-electron chi connectivity index (χ3n) is 11.7. The van der Waals surface area contributed by atoms with Crippen molar-refractivity contribution in [1.82, 2.24) is 47.4 Å². The normalized spacial score (nSPS) is 17.8. The number of aliphatic hydroxyl groups is 2. The number of amides is 9. The van der Waals surface area contributed by atoms with E-state index in [4.69, 9.17) is 5.73 Å². The number of carboxylic acids is 2. The van der Waals surface area contributed by atoms with Gasteiger partial charge in [0.2, 0.25) is 53.2 Å². The second-order valence-corrected chi connectivity index (χ2v) is 20.5. The lowest BCUT2D eigenvalue weighted by Gasteiger charge is -2.32. The number of nitrogens with zero attached hydrogens (tertiary/aromatic N) is 1. The molecular weight excluding hydrogens is 945 g/mol. The van der Waals surface area contributed by atoms with Crippen molar-refractivity contribution >= 4 is 65.1 Å². The summed E-state index contributed by atoms with van der Waals surface area (Å²) in [7, 11) is 0. The molecule has 0 unspecified atom stereocenters. The van der Waals surface area contributed by atoms with Gasteiger partial charge in [-0.05, 0) is 75.5 Å². The third-order valence-corrected chi connectivity index (χ3v) is 11.7. The summed E-state index contributed by atoms with van der Waals surface area (Å²) in [5, 5.41) is 59.1. The van der Waals surface area contributed by atoms with E-state index in [1.165, 1.54) is 18.7 Å². The topological polar surface area (TPSA) is 394 Å². The van der Waals surface area contributed by atoms with E-state index in [0.29, 0.717) is 6.42 Å². The highest BCUT2D eigenvalue weighted by Gasteiger charge is 2.41. The van der Waals surface area contributed by atoms with Crippen LogP contribution in [0.3, 0.4) is 0 Å². The van der Waals surface area contributed by atoms with Crippen LogP contribution in [0.25, 0.3) is 0 Å². The maximum Gasteiger partial charge on any atom is 0.326 e. The summed E-state index contributed by atoms with van der Waals surface area (Å²) in [5.41, 5.74) is 5.91. The molecule has 0 aromatic rings. The second kappa shape index (κ2) is 30.2. The van der Waals surface area contributed by atoms with Crippen molar-refractivity contribution < 1.29 is 73.2 Å². The fourth-order valence-corrected chi connectivity index (χ4v) is 7.76. The Morgan fingerprint density at radius 1 is 0.528 bits per heavy atom. The molecular formula is C47H82N10O15. The number of aliphatic carboxylic acids is 2. The summed E-state index contributed by atoms with van der Waals surface area (Å²) >= 11 is 0. The molecule has 1 heterocycles. The van der Waals surface area contributed by atoms with E-state index in [9.17, 15) is 73.2 Å². The first-order valence-corrected chi connectivity index (χ1v) is 24.6. The van der Waals surface area contributed by atoms with Gasteiger partial charge in [-0.3, -0.25) is 47.9 Å². The van der Waals surface area contributed by atoms with Crippen LogP contribution in [0.1, 0.15) is 122 Å². The monoisotopic (exact) mass is 1030 g/mol. The summed E-state index contributed by atoms with van der Waals surface area (Å²) < 4.78 is 0. The fourth-order valence-electron chi connectivity index (χ4n) is 7.76. The zero-order valence-electron chi connectivity index (χ0n) is 43.7. The summed E-state index contributed by atoms with van der Waals surface area (Å²) in [6, 6.07) is -13.6. The van der Waals surface area contributed by atoms with Crippen molar-refractivity contribution in [2.45, 2.75) is 188 Å². The van der Waals surface area contributed by atoms with Crippen molar-refractivity contribution in [3.8, 4) is 0 Å². The molecule has 0 aromatic heterocycles. The van der Waals surface area contributed by atoms with Gasteiger partial charge in [0, 0.05) is 6.54 Å². The van der Waals surface area contributed by atoms with E-state index in [2.05, 4.69) is 42.5 Å². The minimum absolute atomic E-state index is 0.0205. The van der Waals surface area contributed by atoms with Gasteiger partial charge in [0.1, 0.15) is 54.4 Å². The van der Waals surface area contributed by atoms with Crippen LogP contribution in [-0.2, 0) is 52.7 Å². The molecule has 410 valence electrons. The molecule has 9 amide bonds. The van der Waals surface area contributed by atoms with E-state index >= 15 is 0 Å². The van der Waals surface area contributed by atoms with Crippen molar-refractivity contribution in [3.05, 3.63) is 0 Å². The number of likely N-dealkylation sites (tertiary alicyclic amines) is 1. The zero-order chi connectivity index (χ0) is 55.5. The number of hydrogen-bond acceptors (Lipinski definition) is 14. The van der Waals surface area contributed by atoms with Crippen LogP contribution in [0.15, 0.2) is 0 Å². The summed E-state index contributed by atoms with van der Waals surface area (Å²) in [6.45, 7) is 18.8. The first kappa shape index (κ1) is 64.1. The van der Waals surface area contributed by atoms with E-state index in [-0.39, 0.29) is 50.0 Å². The van der Waals surface area contributed by atoms with Crippen molar-refractivity contribution in [1.29, 1.82) is 0 Å². The summed E-state index contributed by atoms with van der Waals surface area (Å²) in [6.07, 6.45) is -1.50. The minimum Gasteiger partial charge on any atom is -0.481 e. The number of rotatable bonds is 30. The quantitative estimate of drug-likeness (QED) is 0.0356. The number of nitrogens with two attached hydrogens (primary N) is 1. The lowest BCUT2D eigenvalue weighted by molar-refractivity contribution is -0.144. The van der Waals surface area contributed by atoms with Gasteiger partial charge in [0.15, 0.2) is 0 Å². The number of carbonyl (C=O) groups excluding carboxylic acids is 9. The van der Waals surface area contributed by atoms with Crippen LogP contribution < -0.4 is 48.3 Å². The molecule has 14 N–H and O–H groups in total. The number of nitrogens with one attached hydrogen (secondary N) is 8. The second-order valence-electron chi connectivity index (χ2n) is 20.5. The van der Waals surface area contributed by atoms with Crippen molar-refractivity contribution in [3.63, 3.8) is 0 Å². The molecule has 25 heteroatoms. The van der Waals surface area contributed by atoms with Crippen LogP contribution in [-0.4, -0.2) is 170 Å². The predicted octanol–water partition coefficient (Wildman–Crippen LogP) is -2.41. The standard InChI is InChI=1S/C47H82N10O15/c1-21(2)16-28(48)39(63)56-37(27(12)59)45(69)51-30(19-34(60)61)40(64)49-26(11)38(62)55-36(25(9)10)46(70)57-15-13-14-33(57)43(67)50-29(17-22(3)4)41(65)53-32(20-58)42(66)54-35(24(7)8)44(68)52-31(47(71)72)18-23(5)6/h21-33,35-37,58-59H,13-20,48H2,1-12H3,(H,49,64)(H,50,67)(H,51,69)(H,52,68)(H,53,65)(H,54,66)(H,55,62)(H,56,63)(H,60,61)(H,71,72)/t26-,27+,28-,29-,30-,31-,32-,33-,35-,36-,37-/m0/s1. The van der Waals surface area contributed by atoms with E-state index in [0.717, 1.165) is 0 Å². The first-order chi connectivity index (χ1) is 33.3. The molecule has 25 nitrogen and oxygen atoms in total. The van der Waals surface area contributed by atoms with Crippen LogP contribution in [0, 0.1) is 29.6 Å². The maximum atomic E-state index is 14.2. The molecule has 1 aliphatic rings. The van der Waals surface area contributed by atoms with Crippen molar-refractivity contribution in [2.24, 2.45) is 35.3 Å². The van der Waals surface area contributed by atoms with E-state index in [1.807, 2.05) is 13.8 Å². The lowest BCUT2D eigenvalue weighted by atomic mass is 9.99. The number of aliphatic hydroxyl groups excluding tert-OH is 2.